The van der Waals surface area contributed by atoms with E-state index in [1.54, 1.807) is 0 Å². The standard InChI is InChI=1S/C14H20O/c1-3-4-5-6-10-13-11-8-7-9-12(2)14(13)15/h7-9,11H,3-6,10H2,1-2H3. The Balaban J connectivity index is 2.66. The van der Waals surface area contributed by atoms with Gasteiger partial charge in [-0.1, -0.05) is 50.5 Å². The molecule has 0 radical (unpaired) electrons. The lowest BCUT2D eigenvalue weighted by Gasteiger charge is -1.98. The van der Waals surface area contributed by atoms with E-state index < -0.39 is 0 Å². The highest BCUT2D eigenvalue weighted by Crippen LogP contribution is 2.04. The van der Waals surface area contributed by atoms with Crippen LogP contribution >= 0.6 is 0 Å². The maximum Gasteiger partial charge on any atom is 0.184 e. The SMILES string of the molecule is CCCCCCc1ccccc(C)c1=O. The highest BCUT2D eigenvalue weighted by Gasteiger charge is 1.99. The van der Waals surface area contributed by atoms with Crippen LogP contribution in [0.15, 0.2) is 29.1 Å². The van der Waals surface area contributed by atoms with Crippen molar-refractivity contribution in [1.29, 1.82) is 0 Å². The zero-order chi connectivity index (χ0) is 11.1. The third-order valence-corrected chi connectivity index (χ3v) is 2.70. The molecule has 0 heterocycles. The van der Waals surface area contributed by atoms with Crippen LogP contribution < -0.4 is 5.43 Å². The summed E-state index contributed by atoms with van der Waals surface area (Å²) in [6, 6.07) is 7.75. The molecule has 0 N–H and O–H groups in total. The molecule has 0 saturated carbocycles. The van der Waals surface area contributed by atoms with Crippen LogP contribution in [0, 0.1) is 6.92 Å². The van der Waals surface area contributed by atoms with Crippen molar-refractivity contribution in [3.05, 3.63) is 45.6 Å². The van der Waals surface area contributed by atoms with E-state index in [1.165, 1.54) is 19.3 Å². The maximum absolute atomic E-state index is 11.8. The van der Waals surface area contributed by atoms with Crippen molar-refractivity contribution in [2.45, 2.75) is 46.0 Å². The lowest BCUT2D eigenvalue weighted by Crippen LogP contribution is -2.08. The highest BCUT2D eigenvalue weighted by molar-refractivity contribution is 5.21. The molecule has 82 valence electrons. The first-order valence-corrected chi connectivity index (χ1v) is 5.84. The molecule has 0 aliphatic rings. The van der Waals surface area contributed by atoms with Gasteiger partial charge in [0.25, 0.3) is 0 Å². The zero-order valence-electron chi connectivity index (χ0n) is 9.75. The summed E-state index contributed by atoms with van der Waals surface area (Å²) in [5, 5.41) is 0. The Morgan fingerprint density at radius 1 is 1.07 bits per heavy atom. The monoisotopic (exact) mass is 204 g/mol. The number of rotatable bonds is 5. The summed E-state index contributed by atoms with van der Waals surface area (Å²) in [7, 11) is 0. The van der Waals surface area contributed by atoms with Crippen LogP contribution in [0.5, 0.6) is 0 Å². The van der Waals surface area contributed by atoms with Crippen molar-refractivity contribution in [2.24, 2.45) is 0 Å². The summed E-state index contributed by atoms with van der Waals surface area (Å²) >= 11 is 0. The molecule has 0 fully saturated rings. The molecule has 1 nitrogen and oxygen atoms in total. The topological polar surface area (TPSA) is 17.1 Å². The number of aryl methyl sites for hydroxylation is 2. The maximum atomic E-state index is 11.8. The van der Waals surface area contributed by atoms with E-state index in [2.05, 4.69) is 6.92 Å². The van der Waals surface area contributed by atoms with Crippen LogP contribution in [0.3, 0.4) is 0 Å². The molecule has 0 amide bonds. The minimum absolute atomic E-state index is 0.219. The summed E-state index contributed by atoms with van der Waals surface area (Å²) in [6.45, 7) is 4.09. The molecular weight excluding hydrogens is 184 g/mol. The fourth-order valence-electron chi connectivity index (χ4n) is 1.72. The largest absolute Gasteiger partial charge is 0.289 e. The fraction of sp³-hybridized carbons (Fsp3) is 0.500. The quantitative estimate of drug-likeness (QED) is 0.671. The second-order valence-corrected chi connectivity index (χ2v) is 4.07. The molecule has 15 heavy (non-hydrogen) atoms. The Morgan fingerprint density at radius 3 is 2.53 bits per heavy atom. The van der Waals surface area contributed by atoms with Gasteiger partial charge in [-0.15, -0.1) is 0 Å². The molecule has 1 heteroatoms. The fourth-order valence-corrected chi connectivity index (χ4v) is 1.72. The molecule has 0 unspecified atom stereocenters. The average Bonchev–Trinajstić information content (AvgIpc) is 2.39. The molecule has 1 aromatic rings. The van der Waals surface area contributed by atoms with Crippen molar-refractivity contribution in [1.82, 2.24) is 0 Å². The van der Waals surface area contributed by atoms with Crippen molar-refractivity contribution in [3.8, 4) is 0 Å². The van der Waals surface area contributed by atoms with Gasteiger partial charge >= 0.3 is 0 Å². The molecule has 1 rings (SSSR count). The second kappa shape index (κ2) is 6.39. The Hall–Kier alpha value is -1.11. The van der Waals surface area contributed by atoms with Crippen LogP contribution in [0.25, 0.3) is 0 Å². The van der Waals surface area contributed by atoms with E-state index in [9.17, 15) is 4.79 Å². The lowest BCUT2D eigenvalue weighted by molar-refractivity contribution is 0.665. The number of hydrogen-bond acceptors (Lipinski definition) is 1. The van der Waals surface area contributed by atoms with Gasteiger partial charge in [-0.2, -0.15) is 0 Å². The molecule has 0 spiro atoms. The van der Waals surface area contributed by atoms with Gasteiger partial charge in [-0.3, -0.25) is 4.79 Å². The summed E-state index contributed by atoms with van der Waals surface area (Å²) in [4.78, 5) is 11.8. The Morgan fingerprint density at radius 2 is 1.80 bits per heavy atom. The van der Waals surface area contributed by atoms with Crippen LogP contribution in [0.2, 0.25) is 0 Å². The molecule has 0 aromatic heterocycles. The predicted molar refractivity (Wildman–Crippen MR) is 65.3 cm³/mol. The van der Waals surface area contributed by atoms with Crippen molar-refractivity contribution >= 4 is 0 Å². The van der Waals surface area contributed by atoms with Gasteiger partial charge < -0.3 is 0 Å². The van der Waals surface area contributed by atoms with E-state index in [0.29, 0.717) is 0 Å². The van der Waals surface area contributed by atoms with Crippen molar-refractivity contribution < 1.29 is 0 Å². The number of hydrogen-bond donors (Lipinski definition) is 0. The van der Waals surface area contributed by atoms with Crippen LogP contribution in [-0.2, 0) is 6.42 Å². The average molecular weight is 204 g/mol. The van der Waals surface area contributed by atoms with E-state index in [0.717, 1.165) is 24.0 Å². The first kappa shape index (κ1) is 12.0. The van der Waals surface area contributed by atoms with E-state index in [-0.39, 0.29) is 5.43 Å². The van der Waals surface area contributed by atoms with Gasteiger partial charge in [0, 0.05) is 0 Å². The summed E-state index contributed by atoms with van der Waals surface area (Å²) in [5.41, 5.74) is 2.04. The van der Waals surface area contributed by atoms with Crippen LogP contribution in [0.4, 0.5) is 0 Å². The first-order valence-electron chi connectivity index (χ1n) is 5.84. The van der Waals surface area contributed by atoms with Gasteiger partial charge in [0.15, 0.2) is 5.43 Å². The molecule has 0 aliphatic heterocycles. The minimum Gasteiger partial charge on any atom is -0.289 e. The number of unbranched alkanes of at least 4 members (excludes halogenated alkanes) is 3. The third-order valence-electron chi connectivity index (χ3n) is 2.70. The first-order chi connectivity index (χ1) is 7.25. The highest BCUT2D eigenvalue weighted by atomic mass is 16.1. The minimum atomic E-state index is 0.219. The summed E-state index contributed by atoms with van der Waals surface area (Å²) in [6.07, 6.45) is 5.80. The van der Waals surface area contributed by atoms with Crippen molar-refractivity contribution in [3.63, 3.8) is 0 Å². The van der Waals surface area contributed by atoms with Crippen LogP contribution in [-0.4, -0.2) is 0 Å². The Bertz CT molecular complexity index is 355. The van der Waals surface area contributed by atoms with E-state index in [4.69, 9.17) is 0 Å². The molecule has 0 aliphatic carbocycles. The predicted octanol–water partition coefficient (Wildman–Crippen LogP) is 3.48. The molecule has 0 bridgehead atoms. The zero-order valence-corrected chi connectivity index (χ0v) is 9.75. The van der Waals surface area contributed by atoms with Gasteiger partial charge in [0.2, 0.25) is 0 Å². The summed E-state index contributed by atoms with van der Waals surface area (Å²) < 4.78 is 0. The normalized spacial score (nSPS) is 10.3. The van der Waals surface area contributed by atoms with Gasteiger partial charge in [0.1, 0.15) is 0 Å². The van der Waals surface area contributed by atoms with Gasteiger partial charge in [0.05, 0.1) is 0 Å². The third kappa shape index (κ3) is 3.86. The van der Waals surface area contributed by atoms with Crippen molar-refractivity contribution in [2.75, 3.05) is 0 Å². The Labute approximate surface area is 92.2 Å². The van der Waals surface area contributed by atoms with Gasteiger partial charge in [-0.05, 0) is 30.9 Å². The van der Waals surface area contributed by atoms with E-state index in [1.807, 2.05) is 31.2 Å². The molecule has 0 saturated heterocycles. The van der Waals surface area contributed by atoms with E-state index >= 15 is 0 Å². The molecule has 0 atom stereocenters. The summed E-state index contributed by atoms with van der Waals surface area (Å²) in [5.74, 6) is 0. The van der Waals surface area contributed by atoms with Crippen LogP contribution in [0.1, 0.15) is 43.7 Å². The smallest absolute Gasteiger partial charge is 0.184 e. The second-order valence-electron chi connectivity index (χ2n) is 4.07. The molecule has 1 aromatic carbocycles. The Kier molecular flexibility index (Phi) is 5.09. The lowest BCUT2D eigenvalue weighted by atomic mass is 10.1. The molecular formula is C14H20O. The van der Waals surface area contributed by atoms with Gasteiger partial charge in [-0.25, -0.2) is 0 Å².